The average molecular weight is 424 g/mol. The molecule has 4 rings (SSSR count). The zero-order valence-electron chi connectivity index (χ0n) is 17.9. The number of hydrogen-bond acceptors (Lipinski definition) is 5. The number of carbonyl (C=O) groups excluding carboxylic acids is 2. The Morgan fingerprint density at radius 3 is 2.81 bits per heavy atom. The van der Waals surface area contributed by atoms with Crippen LogP contribution in [-0.2, 0) is 9.53 Å². The lowest BCUT2D eigenvalue weighted by Crippen LogP contribution is -2.47. The van der Waals surface area contributed by atoms with Gasteiger partial charge < -0.3 is 24.4 Å². The summed E-state index contributed by atoms with van der Waals surface area (Å²) in [6.45, 7) is 3.85. The number of nitrogens with zero attached hydrogens (tertiary/aromatic N) is 1. The van der Waals surface area contributed by atoms with Crippen molar-refractivity contribution in [2.75, 3.05) is 33.6 Å². The Labute approximate surface area is 182 Å². The van der Waals surface area contributed by atoms with Gasteiger partial charge in [0, 0.05) is 32.4 Å². The van der Waals surface area contributed by atoms with E-state index in [9.17, 15) is 9.59 Å². The standard InChI is InChI=1S/C24H28N2O5/c1-3-12-26-22(16-9-10-19-20(14-16)31-15-30-19)21(23(27)25-11-6-13-29-2)17-7-4-5-8-18(17)24(26)28/h4-5,7-10,14,21-22H,3,6,11-13,15H2,1-2H3,(H,25,27)/t21-,22+/m1/s1. The SMILES string of the molecule is CCCN1C(=O)c2ccccc2[C@@H](C(=O)NCCCOC)[C@@H]1c1ccc2c(c1)OCO2. The van der Waals surface area contributed by atoms with Crippen LogP contribution in [0.5, 0.6) is 11.5 Å². The summed E-state index contributed by atoms with van der Waals surface area (Å²) in [5, 5.41) is 3.04. The molecular weight excluding hydrogens is 396 g/mol. The fraction of sp³-hybridized carbons (Fsp3) is 0.417. The zero-order valence-corrected chi connectivity index (χ0v) is 17.9. The molecule has 7 nitrogen and oxygen atoms in total. The molecule has 7 heteroatoms. The number of ether oxygens (including phenoxy) is 3. The van der Waals surface area contributed by atoms with E-state index in [1.165, 1.54) is 0 Å². The molecule has 0 unspecified atom stereocenters. The molecule has 0 saturated heterocycles. The fourth-order valence-corrected chi connectivity index (χ4v) is 4.37. The van der Waals surface area contributed by atoms with E-state index in [-0.39, 0.29) is 18.6 Å². The second kappa shape index (κ2) is 9.39. The van der Waals surface area contributed by atoms with Gasteiger partial charge in [-0.05, 0) is 42.2 Å². The molecule has 2 aliphatic heterocycles. The lowest BCUT2D eigenvalue weighted by atomic mass is 9.79. The zero-order chi connectivity index (χ0) is 21.8. The molecule has 2 aromatic carbocycles. The fourth-order valence-electron chi connectivity index (χ4n) is 4.37. The molecule has 0 spiro atoms. The van der Waals surface area contributed by atoms with E-state index in [4.69, 9.17) is 14.2 Å². The summed E-state index contributed by atoms with van der Waals surface area (Å²) in [5.74, 6) is 0.639. The van der Waals surface area contributed by atoms with Gasteiger partial charge in [0.15, 0.2) is 11.5 Å². The monoisotopic (exact) mass is 424 g/mol. The molecule has 2 atom stereocenters. The first-order chi connectivity index (χ1) is 15.2. The third-order valence-corrected chi connectivity index (χ3v) is 5.75. The van der Waals surface area contributed by atoms with Crippen LogP contribution >= 0.6 is 0 Å². The number of carbonyl (C=O) groups is 2. The van der Waals surface area contributed by atoms with Gasteiger partial charge in [0.05, 0.1) is 12.0 Å². The van der Waals surface area contributed by atoms with E-state index in [1.807, 2.05) is 48.2 Å². The van der Waals surface area contributed by atoms with Crippen LogP contribution < -0.4 is 14.8 Å². The lowest BCUT2D eigenvalue weighted by molar-refractivity contribution is -0.124. The Hall–Kier alpha value is -3.06. The lowest BCUT2D eigenvalue weighted by Gasteiger charge is -2.41. The molecule has 2 amide bonds. The highest BCUT2D eigenvalue weighted by Crippen LogP contribution is 2.45. The van der Waals surface area contributed by atoms with Crippen LogP contribution in [0.2, 0.25) is 0 Å². The largest absolute Gasteiger partial charge is 0.454 e. The molecule has 0 fully saturated rings. The maximum absolute atomic E-state index is 13.5. The Morgan fingerprint density at radius 2 is 2.00 bits per heavy atom. The molecule has 0 aromatic heterocycles. The smallest absolute Gasteiger partial charge is 0.254 e. The van der Waals surface area contributed by atoms with Gasteiger partial charge in [-0.25, -0.2) is 0 Å². The second-order valence-corrected chi connectivity index (χ2v) is 7.76. The van der Waals surface area contributed by atoms with Crippen molar-refractivity contribution in [3.63, 3.8) is 0 Å². The highest BCUT2D eigenvalue weighted by Gasteiger charge is 2.44. The Bertz CT molecular complexity index is 961. The van der Waals surface area contributed by atoms with Crippen LogP contribution in [0.1, 0.15) is 53.2 Å². The number of fused-ring (bicyclic) bond motifs is 2. The molecule has 0 aliphatic carbocycles. The van der Waals surface area contributed by atoms with Gasteiger partial charge >= 0.3 is 0 Å². The van der Waals surface area contributed by atoms with E-state index < -0.39 is 12.0 Å². The Balaban J connectivity index is 1.76. The third-order valence-electron chi connectivity index (χ3n) is 5.75. The van der Waals surface area contributed by atoms with E-state index in [2.05, 4.69) is 5.32 Å². The number of benzene rings is 2. The summed E-state index contributed by atoms with van der Waals surface area (Å²) in [6.07, 6.45) is 1.51. The van der Waals surface area contributed by atoms with Gasteiger partial charge in [-0.15, -0.1) is 0 Å². The first-order valence-electron chi connectivity index (χ1n) is 10.7. The van der Waals surface area contributed by atoms with Gasteiger partial charge in [-0.2, -0.15) is 0 Å². The van der Waals surface area contributed by atoms with E-state index in [1.54, 1.807) is 13.2 Å². The van der Waals surface area contributed by atoms with E-state index in [0.29, 0.717) is 36.8 Å². The number of methoxy groups -OCH3 is 1. The Morgan fingerprint density at radius 1 is 1.19 bits per heavy atom. The average Bonchev–Trinajstić information content (AvgIpc) is 3.26. The molecule has 0 saturated carbocycles. The van der Waals surface area contributed by atoms with Crippen LogP contribution in [0.4, 0.5) is 0 Å². The van der Waals surface area contributed by atoms with Gasteiger partial charge in [-0.1, -0.05) is 31.2 Å². The van der Waals surface area contributed by atoms with Crippen LogP contribution in [0.25, 0.3) is 0 Å². The van der Waals surface area contributed by atoms with Crippen LogP contribution in [0.3, 0.4) is 0 Å². The number of hydrogen-bond donors (Lipinski definition) is 1. The van der Waals surface area contributed by atoms with E-state index >= 15 is 0 Å². The summed E-state index contributed by atoms with van der Waals surface area (Å²) < 4.78 is 16.1. The van der Waals surface area contributed by atoms with Crippen molar-refractivity contribution in [1.29, 1.82) is 0 Å². The van der Waals surface area contributed by atoms with Gasteiger partial charge in [0.25, 0.3) is 5.91 Å². The Kier molecular flexibility index (Phi) is 6.42. The molecule has 2 aromatic rings. The topological polar surface area (TPSA) is 77.1 Å². The first-order valence-corrected chi connectivity index (χ1v) is 10.7. The van der Waals surface area contributed by atoms with Crippen LogP contribution in [0, 0.1) is 0 Å². The maximum Gasteiger partial charge on any atom is 0.254 e. The number of rotatable bonds is 8. The predicted molar refractivity (Wildman–Crippen MR) is 115 cm³/mol. The summed E-state index contributed by atoms with van der Waals surface area (Å²) in [7, 11) is 1.64. The normalized spacial score (nSPS) is 19.3. The van der Waals surface area contributed by atoms with Crippen molar-refractivity contribution >= 4 is 11.8 Å². The first kappa shape index (κ1) is 21.2. The van der Waals surface area contributed by atoms with Gasteiger partial charge in [-0.3, -0.25) is 9.59 Å². The highest BCUT2D eigenvalue weighted by atomic mass is 16.7. The third kappa shape index (κ3) is 4.10. The van der Waals surface area contributed by atoms with Crippen molar-refractivity contribution in [2.45, 2.75) is 31.7 Å². The van der Waals surface area contributed by atoms with Crippen molar-refractivity contribution in [2.24, 2.45) is 0 Å². The van der Waals surface area contributed by atoms with Crippen molar-refractivity contribution in [3.8, 4) is 11.5 Å². The second-order valence-electron chi connectivity index (χ2n) is 7.76. The van der Waals surface area contributed by atoms with Crippen molar-refractivity contribution < 1.29 is 23.8 Å². The van der Waals surface area contributed by atoms with Crippen LogP contribution in [0.15, 0.2) is 42.5 Å². The molecule has 31 heavy (non-hydrogen) atoms. The molecular formula is C24H28N2O5. The minimum atomic E-state index is -0.525. The molecule has 164 valence electrons. The molecule has 2 heterocycles. The maximum atomic E-state index is 13.5. The summed E-state index contributed by atoms with van der Waals surface area (Å²) in [6, 6.07) is 12.6. The molecule has 0 bridgehead atoms. The van der Waals surface area contributed by atoms with Crippen molar-refractivity contribution in [1.82, 2.24) is 10.2 Å². The van der Waals surface area contributed by atoms with Crippen molar-refractivity contribution in [3.05, 3.63) is 59.2 Å². The van der Waals surface area contributed by atoms with Crippen LogP contribution in [-0.4, -0.2) is 50.3 Å². The molecule has 1 N–H and O–H groups in total. The summed E-state index contributed by atoms with van der Waals surface area (Å²) in [4.78, 5) is 28.7. The highest BCUT2D eigenvalue weighted by molar-refractivity contribution is 6.01. The minimum Gasteiger partial charge on any atom is -0.454 e. The molecule has 2 aliphatic rings. The predicted octanol–water partition coefficient (Wildman–Crippen LogP) is 3.26. The number of nitrogens with one attached hydrogen (secondary N) is 1. The van der Waals surface area contributed by atoms with E-state index in [0.717, 1.165) is 24.0 Å². The number of amides is 2. The summed E-state index contributed by atoms with van der Waals surface area (Å²) >= 11 is 0. The van der Waals surface area contributed by atoms with Gasteiger partial charge in [0.1, 0.15) is 0 Å². The minimum absolute atomic E-state index is 0.0523. The molecule has 0 radical (unpaired) electrons. The van der Waals surface area contributed by atoms with Gasteiger partial charge in [0.2, 0.25) is 12.7 Å². The quantitative estimate of drug-likeness (QED) is 0.659. The summed E-state index contributed by atoms with van der Waals surface area (Å²) in [5.41, 5.74) is 2.20.